The second-order valence-corrected chi connectivity index (χ2v) is 17.4. The second kappa shape index (κ2) is 12.9. The minimum atomic E-state index is -5.18. The number of hydrogen-bond acceptors (Lipinski definition) is 3. The number of rotatable bonds is 3. The molecular weight excluding hydrogens is 833 g/mol. The van der Waals surface area contributed by atoms with Crippen LogP contribution in [-0.4, -0.2) is 9.13 Å². The Hall–Kier alpha value is -7.13. The first kappa shape index (κ1) is 36.7. The molecule has 298 valence electrons. The zero-order valence-corrected chi connectivity index (χ0v) is 33.5. The van der Waals surface area contributed by atoms with E-state index in [1.54, 1.807) is 22.7 Å². The van der Waals surface area contributed by atoms with Crippen LogP contribution in [0, 0.1) is 11.3 Å². The minimum absolute atomic E-state index is 0.307. The molecule has 0 aliphatic heterocycles. The quantitative estimate of drug-likeness (QED) is 0.163. The van der Waals surface area contributed by atoms with Crippen LogP contribution in [0.1, 0.15) is 16.7 Å². The van der Waals surface area contributed by atoms with Crippen LogP contribution >= 0.6 is 22.7 Å². The van der Waals surface area contributed by atoms with Gasteiger partial charge in [-0.2, -0.15) is 31.6 Å². The van der Waals surface area contributed by atoms with Crippen LogP contribution in [0.2, 0.25) is 0 Å². The van der Waals surface area contributed by atoms with Gasteiger partial charge in [-0.15, -0.1) is 22.7 Å². The van der Waals surface area contributed by atoms with Crippen molar-refractivity contribution >= 4 is 107 Å². The highest BCUT2D eigenvalue weighted by molar-refractivity contribution is 7.27. The average molecular weight is 858 g/mol. The van der Waals surface area contributed by atoms with Gasteiger partial charge < -0.3 is 9.13 Å². The van der Waals surface area contributed by atoms with Crippen LogP contribution in [0.4, 0.5) is 26.3 Å². The standard InChI is InChI=1S/C51H25F6N3S2/c52-50(53,54)37-14-9-15-38(51(55,56)57)45(37)36-25-42(60-40-17-6-2-11-29(40)33-21-23-35-31-13-4-8-19-44(31)62-49(35)47(33)60)41(24-27(36)26-58)59-39-16-5-1-10-28(39)32-20-22-34-30-12-3-7-18-43(30)61-48(34)46(32)59/h1-25H. The summed E-state index contributed by atoms with van der Waals surface area (Å²) < 4.78 is 98.1. The van der Waals surface area contributed by atoms with E-state index in [4.69, 9.17) is 0 Å². The molecule has 3 nitrogen and oxygen atoms in total. The van der Waals surface area contributed by atoms with Crippen LogP contribution in [0.15, 0.2) is 152 Å². The van der Waals surface area contributed by atoms with E-state index >= 15 is 26.3 Å². The number of alkyl halides is 6. The SMILES string of the molecule is N#Cc1cc(-n2c3ccccc3c3ccc4c5ccccc5sc4c32)c(-n2c3ccccc3c3ccc4c5ccccc5sc4c32)cc1-c1c(C(F)(F)F)cccc1C(F)(F)F. The maximum absolute atomic E-state index is 15.0. The summed E-state index contributed by atoms with van der Waals surface area (Å²) in [6, 6.07) is 46.7. The number of nitrogens with zero attached hydrogens (tertiary/aromatic N) is 3. The molecule has 12 aromatic rings. The molecule has 0 bridgehead atoms. The van der Waals surface area contributed by atoms with Crippen LogP contribution < -0.4 is 0 Å². The van der Waals surface area contributed by atoms with Gasteiger partial charge in [0.05, 0.1) is 65.6 Å². The lowest BCUT2D eigenvalue weighted by Gasteiger charge is -2.23. The predicted octanol–water partition coefficient (Wildman–Crippen LogP) is 16.2. The molecule has 4 heterocycles. The first-order chi connectivity index (χ1) is 30.0. The summed E-state index contributed by atoms with van der Waals surface area (Å²) in [5, 5.41) is 18.5. The Morgan fingerprint density at radius 3 is 1.32 bits per heavy atom. The Kier molecular flexibility index (Phi) is 7.66. The Labute approximate surface area is 355 Å². The minimum Gasteiger partial charge on any atom is -0.306 e. The lowest BCUT2D eigenvalue weighted by Crippen LogP contribution is -2.15. The molecule has 0 spiro atoms. The van der Waals surface area contributed by atoms with Crippen LogP contribution in [0.5, 0.6) is 0 Å². The van der Waals surface area contributed by atoms with E-state index in [1.807, 2.05) is 100 Å². The number of benzene rings is 8. The van der Waals surface area contributed by atoms with Gasteiger partial charge >= 0.3 is 12.4 Å². The second-order valence-electron chi connectivity index (χ2n) is 15.3. The number of aromatic nitrogens is 2. The fraction of sp³-hybridized carbons (Fsp3) is 0.0392. The molecule has 4 aromatic heterocycles. The lowest BCUT2D eigenvalue weighted by atomic mass is 9.89. The molecule has 0 aliphatic carbocycles. The zero-order valence-electron chi connectivity index (χ0n) is 31.9. The third-order valence-electron chi connectivity index (χ3n) is 12.0. The summed E-state index contributed by atoms with van der Waals surface area (Å²) in [5.41, 5.74) is -1.16. The normalized spacial score (nSPS) is 12.7. The van der Waals surface area contributed by atoms with Crippen molar-refractivity contribution in [2.45, 2.75) is 12.4 Å². The van der Waals surface area contributed by atoms with Crippen molar-refractivity contribution in [1.29, 1.82) is 5.26 Å². The third-order valence-corrected chi connectivity index (χ3v) is 14.4. The molecule has 0 atom stereocenters. The van der Waals surface area contributed by atoms with Crippen molar-refractivity contribution < 1.29 is 26.3 Å². The van der Waals surface area contributed by atoms with E-state index < -0.39 is 34.6 Å². The molecule has 0 saturated heterocycles. The highest BCUT2D eigenvalue weighted by Gasteiger charge is 2.42. The smallest absolute Gasteiger partial charge is 0.306 e. The fourth-order valence-electron chi connectivity index (χ4n) is 9.51. The molecule has 0 N–H and O–H groups in total. The highest BCUT2D eigenvalue weighted by Crippen LogP contribution is 2.50. The lowest BCUT2D eigenvalue weighted by molar-refractivity contribution is -0.142. The molecule has 0 unspecified atom stereocenters. The molecule has 0 aliphatic rings. The molecular formula is C51H25F6N3S2. The topological polar surface area (TPSA) is 33.6 Å². The number of thiophene rings is 2. The van der Waals surface area contributed by atoms with Crippen molar-refractivity contribution in [3.05, 3.63) is 168 Å². The summed E-state index contributed by atoms with van der Waals surface area (Å²) in [4.78, 5) is 0. The van der Waals surface area contributed by atoms with Crippen LogP contribution in [0.3, 0.4) is 0 Å². The maximum atomic E-state index is 15.0. The first-order valence-electron chi connectivity index (χ1n) is 19.5. The molecule has 0 amide bonds. The molecule has 62 heavy (non-hydrogen) atoms. The van der Waals surface area contributed by atoms with Gasteiger partial charge in [0.25, 0.3) is 0 Å². The molecule has 12 rings (SSSR count). The van der Waals surface area contributed by atoms with E-state index in [0.717, 1.165) is 84.5 Å². The molecule has 0 radical (unpaired) electrons. The average Bonchev–Trinajstić information content (AvgIpc) is 4.03. The first-order valence-corrected chi connectivity index (χ1v) is 21.2. The van der Waals surface area contributed by atoms with Crippen LogP contribution in [0.25, 0.3) is 106 Å². The Balaban J connectivity index is 1.34. The molecule has 0 saturated carbocycles. The van der Waals surface area contributed by atoms with E-state index in [9.17, 15) is 5.26 Å². The summed E-state index contributed by atoms with van der Waals surface area (Å²) in [6.07, 6.45) is -10.4. The molecule has 8 aromatic carbocycles. The zero-order chi connectivity index (χ0) is 42.2. The Morgan fingerprint density at radius 2 is 0.855 bits per heavy atom. The fourth-order valence-corrected chi connectivity index (χ4v) is 12.0. The van der Waals surface area contributed by atoms with E-state index in [1.165, 1.54) is 12.1 Å². The van der Waals surface area contributed by atoms with Gasteiger partial charge in [-0.3, -0.25) is 0 Å². The van der Waals surface area contributed by atoms with Crippen LogP contribution in [-0.2, 0) is 12.4 Å². The largest absolute Gasteiger partial charge is 0.417 e. The summed E-state index contributed by atoms with van der Waals surface area (Å²) in [7, 11) is 0. The Bertz CT molecular complexity index is 3900. The summed E-state index contributed by atoms with van der Waals surface area (Å²) in [6.45, 7) is 0. The number of hydrogen-bond donors (Lipinski definition) is 0. The predicted molar refractivity (Wildman–Crippen MR) is 241 cm³/mol. The summed E-state index contributed by atoms with van der Waals surface area (Å²) in [5.74, 6) is 0. The summed E-state index contributed by atoms with van der Waals surface area (Å²) >= 11 is 3.18. The van der Waals surface area contributed by atoms with Gasteiger partial charge in [-0.25, -0.2) is 0 Å². The third kappa shape index (κ3) is 5.11. The van der Waals surface area contributed by atoms with Crippen molar-refractivity contribution in [2.24, 2.45) is 0 Å². The van der Waals surface area contributed by atoms with E-state index in [-0.39, 0.29) is 5.56 Å². The van der Waals surface area contributed by atoms with Crippen molar-refractivity contribution in [3.8, 4) is 28.6 Å². The van der Waals surface area contributed by atoms with Crippen molar-refractivity contribution in [1.82, 2.24) is 9.13 Å². The Morgan fingerprint density at radius 1 is 0.435 bits per heavy atom. The van der Waals surface area contributed by atoms with Gasteiger partial charge in [0.15, 0.2) is 0 Å². The molecule has 0 fully saturated rings. The van der Waals surface area contributed by atoms with Crippen molar-refractivity contribution in [2.75, 3.05) is 0 Å². The van der Waals surface area contributed by atoms with Gasteiger partial charge in [-0.05, 0) is 48.5 Å². The van der Waals surface area contributed by atoms with E-state index in [2.05, 4.69) is 36.4 Å². The van der Waals surface area contributed by atoms with Crippen molar-refractivity contribution in [3.63, 3.8) is 0 Å². The number of fused-ring (bicyclic) bond motifs is 14. The number of para-hydroxylation sites is 2. The monoisotopic (exact) mass is 857 g/mol. The van der Waals surface area contributed by atoms with Gasteiger partial charge in [0.2, 0.25) is 0 Å². The molecule has 11 heteroatoms. The van der Waals surface area contributed by atoms with Gasteiger partial charge in [0, 0.05) is 63.6 Å². The number of nitriles is 1. The maximum Gasteiger partial charge on any atom is 0.417 e. The number of halogens is 6. The highest BCUT2D eigenvalue weighted by atomic mass is 32.1. The van der Waals surface area contributed by atoms with Gasteiger partial charge in [0.1, 0.15) is 0 Å². The van der Waals surface area contributed by atoms with Gasteiger partial charge in [-0.1, -0.05) is 103 Å². The van der Waals surface area contributed by atoms with E-state index in [0.29, 0.717) is 29.0 Å².